The molecule has 2 rings (SSSR count). The molecule has 1 aliphatic rings. The molecule has 0 aromatic carbocycles. The highest BCUT2D eigenvalue weighted by atomic mass is 16.2. The molecule has 0 spiro atoms. The first-order valence-electron chi connectivity index (χ1n) is 6.61. The van der Waals surface area contributed by atoms with E-state index in [-0.39, 0.29) is 11.9 Å². The Labute approximate surface area is 102 Å². The molecule has 0 bridgehead atoms. The summed E-state index contributed by atoms with van der Waals surface area (Å²) in [5.41, 5.74) is 2.25. The van der Waals surface area contributed by atoms with Gasteiger partial charge in [-0.3, -0.25) is 9.48 Å². The highest BCUT2D eigenvalue weighted by Crippen LogP contribution is 2.21. The van der Waals surface area contributed by atoms with Crippen LogP contribution in [0.25, 0.3) is 0 Å². The van der Waals surface area contributed by atoms with Crippen molar-refractivity contribution in [3.05, 3.63) is 17.5 Å². The van der Waals surface area contributed by atoms with Crippen LogP contribution in [0.4, 0.5) is 0 Å². The van der Waals surface area contributed by atoms with Crippen molar-refractivity contribution in [2.45, 2.75) is 52.0 Å². The summed E-state index contributed by atoms with van der Waals surface area (Å²) in [5, 5.41) is 7.54. The van der Waals surface area contributed by atoms with Crippen LogP contribution in [-0.4, -0.2) is 22.2 Å². The molecule has 1 unspecified atom stereocenters. The first kappa shape index (κ1) is 12.1. The molecule has 1 fully saturated rings. The Bertz CT molecular complexity index is 397. The second-order valence-corrected chi connectivity index (χ2v) is 4.58. The minimum absolute atomic E-state index is 0.104. The first-order valence-corrected chi connectivity index (χ1v) is 6.61. The van der Waals surface area contributed by atoms with E-state index in [9.17, 15) is 4.79 Å². The quantitative estimate of drug-likeness (QED) is 0.869. The summed E-state index contributed by atoms with van der Waals surface area (Å²) in [6, 6.07) is 2.02. The van der Waals surface area contributed by atoms with Gasteiger partial charge < -0.3 is 5.32 Å². The van der Waals surface area contributed by atoms with Crippen LogP contribution in [0, 0.1) is 0 Å². The van der Waals surface area contributed by atoms with E-state index in [2.05, 4.69) is 30.3 Å². The summed E-state index contributed by atoms with van der Waals surface area (Å²) >= 11 is 0. The fraction of sp³-hybridized carbons (Fsp3) is 0.692. The Kier molecular flexibility index (Phi) is 3.82. The summed E-state index contributed by atoms with van der Waals surface area (Å²) in [6.07, 6.45) is 4.92. The van der Waals surface area contributed by atoms with Crippen LogP contribution in [0.3, 0.4) is 0 Å². The molecule has 1 amide bonds. The molecule has 1 aliphatic heterocycles. The number of rotatable bonds is 3. The maximum absolute atomic E-state index is 12.0. The molecule has 1 N–H and O–H groups in total. The molecule has 17 heavy (non-hydrogen) atoms. The van der Waals surface area contributed by atoms with Gasteiger partial charge in [-0.1, -0.05) is 13.8 Å². The number of carbonyl (C=O) groups is 1. The van der Waals surface area contributed by atoms with Gasteiger partial charge in [0.15, 0.2) is 0 Å². The van der Waals surface area contributed by atoms with Gasteiger partial charge in [-0.25, -0.2) is 0 Å². The van der Waals surface area contributed by atoms with E-state index in [0.29, 0.717) is 0 Å². The van der Waals surface area contributed by atoms with Gasteiger partial charge in [0.1, 0.15) is 6.04 Å². The van der Waals surface area contributed by atoms with Crippen LogP contribution in [0.5, 0.6) is 0 Å². The van der Waals surface area contributed by atoms with E-state index >= 15 is 0 Å². The third-order valence-corrected chi connectivity index (χ3v) is 3.39. The van der Waals surface area contributed by atoms with E-state index in [1.165, 1.54) is 5.69 Å². The molecule has 94 valence electrons. The van der Waals surface area contributed by atoms with Gasteiger partial charge in [0.05, 0.1) is 5.69 Å². The minimum atomic E-state index is -0.104. The number of amides is 1. The van der Waals surface area contributed by atoms with Crippen molar-refractivity contribution in [2.24, 2.45) is 0 Å². The third-order valence-electron chi connectivity index (χ3n) is 3.39. The SMILES string of the molecule is CCc1cc(CC)n(C2CCCCNC2=O)n1. The predicted octanol–water partition coefficient (Wildman–Crippen LogP) is 1.85. The second-order valence-electron chi connectivity index (χ2n) is 4.58. The standard InChI is InChI=1S/C13H21N3O/c1-3-10-9-11(4-2)16(15-10)12-7-5-6-8-14-13(12)17/h9,12H,3-8H2,1-2H3,(H,14,17). The number of aryl methyl sites for hydroxylation is 2. The van der Waals surface area contributed by atoms with Crippen molar-refractivity contribution in [1.82, 2.24) is 15.1 Å². The fourth-order valence-electron chi connectivity index (χ4n) is 2.35. The predicted molar refractivity (Wildman–Crippen MR) is 66.9 cm³/mol. The number of nitrogens with one attached hydrogen (secondary N) is 1. The average Bonchev–Trinajstić information content (AvgIpc) is 2.65. The van der Waals surface area contributed by atoms with Crippen molar-refractivity contribution in [3.63, 3.8) is 0 Å². The summed E-state index contributed by atoms with van der Waals surface area (Å²) in [7, 11) is 0. The highest BCUT2D eigenvalue weighted by molar-refractivity contribution is 5.80. The van der Waals surface area contributed by atoms with Gasteiger partial charge in [-0.15, -0.1) is 0 Å². The van der Waals surface area contributed by atoms with Crippen LogP contribution in [0.1, 0.15) is 50.5 Å². The lowest BCUT2D eigenvalue weighted by Gasteiger charge is -2.16. The molecule has 0 radical (unpaired) electrons. The van der Waals surface area contributed by atoms with Gasteiger partial charge in [0.2, 0.25) is 5.91 Å². The molecule has 1 aromatic rings. The zero-order valence-corrected chi connectivity index (χ0v) is 10.7. The summed E-state index contributed by atoms with van der Waals surface area (Å²) in [6.45, 7) is 5.01. The van der Waals surface area contributed by atoms with Gasteiger partial charge in [0.25, 0.3) is 0 Å². The monoisotopic (exact) mass is 235 g/mol. The smallest absolute Gasteiger partial charge is 0.244 e. The minimum Gasteiger partial charge on any atom is -0.354 e. The Morgan fingerprint density at radius 2 is 2.24 bits per heavy atom. The molecule has 4 nitrogen and oxygen atoms in total. The average molecular weight is 235 g/mol. The molecule has 0 saturated carbocycles. The van der Waals surface area contributed by atoms with Crippen molar-refractivity contribution in [2.75, 3.05) is 6.54 Å². The molecule has 1 atom stereocenters. The third kappa shape index (κ3) is 2.51. The van der Waals surface area contributed by atoms with E-state index in [4.69, 9.17) is 0 Å². The normalized spacial score (nSPS) is 21.1. The lowest BCUT2D eigenvalue weighted by molar-refractivity contribution is -0.124. The Hall–Kier alpha value is -1.32. The van der Waals surface area contributed by atoms with Gasteiger partial charge in [-0.2, -0.15) is 5.10 Å². The molecule has 1 aromatic heterocycles. The van der Waals surface area contributed by atoms with Gasteiger partial charge in [-0.05, 0) is 38.2 Å². The Morgan fingerprint density at radius 1 is 1.41 bits per heavy atom. The van der Waals surface area contributed by atoms with Crippen LogP contribution in [0.15, 0.2) is 6.07 Å². The zero-order valence-electron chi connectivity index (χ0n) is 10.7. The Balaban J connectivity index is 2.29. The van der Waals surface area contributed by atoms with E-state index in [1.807, 2.05) is 4.68 Å². The maximum Gasteiger partial charge on any atom is 0.244 e. The number of hydrogen-bond donors (Lipinski definition) is 1. The van der Waals surface area contributed by atoms with Crippen molar-refractivity contribution in [1.29, 1.82) is 0 Å². The second kappa shape index (κ2) is 5.34. The lowest BCUT2D eigenvalue weighted by atomic mass is 10.1. The van der Waals surface area contributed by atoms with Crippen LogP contribution < -0.4 is 5.32 Å². The van der Waals surface area contributed by atoms with Gasteiger partial charge in [0, 0.05) is 12.2 Å². The number of carbonyl (C=O) groups excluding carboxylic acids is 1. The summed E-state index contributed by atoms with van der Waals surface area (Å²) in [4.78, 5) is 12.0. The molecular weight excluding hydrogens is 214 g/mol. The van der Waals surface area contributed by atoms with Crippen molar-refractivity contribution >= 4 is 5.91 Å². The van der Waals surface area contributed by atoms with Crippen LogP contribution in [-0.2, 0) is 17.6 Å². The van der Waals surface area contributed by atoms with Crippen molar-refractivity contribution in [3.8, 4) is 0 Å². The van der Waals surface area contributed by atoms with Crippen molar-refractivity contribution < 1.29 is 4.79 Å². The molecular formula is C13H21N3O. The topological polar surface area (TPSA) is 46.9 Å². The maximum atomic E-state index is 12.0. The largest absolute Gasteiger partial charge is 0.354 e. The van der Waals surface area contributed by atoms with Crippen LogP contribution in [0.2, 0.25) is 0 Å². The Morgan fingerprint density at radius 3 is 2.94 bits per heavy atom. The molecule has 2 heterocycles. The zero-order chi connectivity index (χ0) is 12.3. The molecule has 0 aliphatic carbocycles. The highest BCUT2D eigenvalue weighted by Gasteiger charge is 2.25. The van der Waals surface area contributed by atoms with Crippen LogP contribution >= 0.6 is 0 Å². The van der Waals surface area contributed by atoms with E-state index in [0.717, 1.165) is 44.3 Å². The summed E-state index contributed by atoms with van der Waals surface area (Å²) in [5.74, 6) is 0.128. The molecule has 1 saturated heterocycles. The fourth-order valence-corrected chi connectivity index (χ4v) is 2.35. The number of hydrogen-bond acceptors (Lipinski definition) is 2. The van der Waals surface area contributed by atoms with E-state index < -0.39 is 0 Å². The summed E-state index contributed by atoms with van der Waals surface area (Å²) < 4.78 is 1.94. The lowest BCUT2D eigenvalue weighted by Crippen LogP contribution is -2.32. The first-order chi connectivity index (χ1) is 8.26. The van der Waals surface area contributed by atoms with E-state index in [1.54, 1.807) is 0 Å². The number of aromatic nitrogens is 2. The molecule has 4 heteroatoms. The number of nitrogens with zero attached hydrogens (tertiary/aromatic N) is 2. The van der Waals surface area contributed by atoms with Gasteiger partial charge >= 0.3 is 0 Å².